The third kappa shape index (κ3) is 8.25. The molecule has 2 unspecified atom stereocenters. The molecule has 5 nitrogen and oxygen atoms in total. The number of rotatable bonds is 10. The largest absolute Gasteiger partial charge is 0.481 e. The number of amides is 1. The molecule has 7 heteroatoms. The van der Waals surface area contributed by atoms with Crippen LogP contribution >= 0.6 is 23.5 Å². The standard InChI is InChI=1S/C30H39NO4S2/c1-20(32)21-7-2-3-8-22(14-13-21)26(25-17-23-9-4-5-10-24(23)18-25)15-16-27(33)31-28-11-6-12-30(37-28)36-19-29(34)35/h4-5,9-12,21-22,25-26H,2-3,6-8,13-19H2,1H3,(H,31,33)(H,34,35)/t21?,22?,26-/m0/s1. The van der Waals surface area contributed by atoms with Gasteiger partial charge in [-0.25, -0.2) is 0 Å². The fraction of sp³-hybridized carbons (Fsp3) is 0.567. The van der Waals surface area contributed by atoms with Crippen molar-refractivity contribution < 1.29 is 19.5 Å². The number of thioether (sulfide) groups is 2. The number of carboxylic acid groups (broad SMARTS) is 1. The first kappa shape index (κ1) is 28.0. The minimum atomic E-state index is -0.837. The Morgan fingerprint density at radius 3 is 2.46 bits per heavy atom. The predicted octanol–water partition coefficient (Wildman–Crippen LogP) is 6.73. The maximum atomic E-state index is 13.0. The lowest BCUT2D eigenvalue weighted by atomic mass is 9.71. The van der Waals surface area contributed by atoms with Gasteiger partial charge in [0.1, 0.15) is 5.78 Å². The molecule has 2 N–H and O–H groups in total. The van der Waals surface area contributed by atoms with Crippen LogP contribution in [0.15, 0.2) is 45.7 Å². The molecule has 0 aromatic heterocycles. The van der Waals surface area contributed by atoms with E-state index in [9.17, 15) is 14.4 Å². The van der Waals surface area contributed by atoms with Crippen LogP contribution in [0.25, 0.3) is 0 Å². The Morgan fingerprint density at radius 2 is 1.76 bits per heavy atom. The molecule has 0 radical (unpaired) electrons. The second-order valence-corrected chi connectivity index (χ2v) is 13.1. The van der Waals surface area contributed by atoms with Crippen LogP contribution in [0.1, 0.15) is 75.8 Å². The summed E-state index contributed by atoms with van der Waals surface area (Å²) in [5.74, 6) is 1.33. The van der Waals surface area contributed by atoms with Crippen LogP contribution in [0.2, 0.25) is 0 Å². The summed E-state index contributed by atoms with van der Waals surface area (Å²) < 4.78 is 0.927. The fourth-order valence-electron chi connectivity index (χ4n) is 6.34. The second kappa shape index (κ2) is 13.7. The average Bonchev–Trinajstić information content (AvgIpc) is 3.28. The van der Waals surface area contributed by atoms with Crippen LogP contribution in [-0.2, 0) is 27.2 Å². The Balaban J connectivity index is 1.38. The summed E-state index contributed by atoms with van der Waals surface area (Å²) in [6.07, 6.45) is 14.8. The average molecular weight is 542 g/mol. The van der Waals surface area contributed by atoms with Crippen LogP contribution < -0.4 is 5.32 Å². The number of carboxylic acids is 1. The molecule has 0 bridgehead atoms. The zero-order valence-corrected chi connectivity index (χ0v) is 23.4. The number of aliphatic carboxylic acids is 1. The summed E-state index contributed by atoms with van der Waals surface area (Å²) in [5, 5.41) is 12.8. The molecule has 4 rings (SSSR count). The number of benzene rings is 1. The molecule has 1 amide bonds. The van der Waals surface area contributed by atoms with Crippen molar-refractivity contribution in [3.63, 3.8) is 0 Å². The number of hydrogen-bond donors (Lipinski definition) is 2. The highest BCUT2D eigenvalue weighted by molar-refractivity contribution is 8.24. The van der Waals surface area contributed by atoms with Gasteiger partial charge in [0, 0.05) is 16.6 Å². The van der Waals surface area contributed by atoms with Crippen LogP contribution in [-0.4, -0.2) is 28.5 Å². The lowest BCUT2D eigenvalue weighted by Crippen LogP contribution is -2.29. The molecule has 2 aliphatic carbocycles. The van der Waals surface area contributed by atoms with Crippen LogP contribution in [0.5, 0.6) is 0 Å². The minimum absolute atomic E-state index is 0.0252. The predicted molar refractivity (Wildman–Crippen MR) is 152 cm³/mol. The lowest BCUT2D eigenvalue weighted by molar-refractivity contribution is -0.134. The van der Waals surface area contributed by atoms with E-state index >= 15 is 0 Å². The molecule has 37 heavy (non-hydrogen) atoms. The number of Topliss-reactive ketones (excluding diaryl/α,β-unsaturated/α-hetero) is 1. The smallest absolute Gasteiger partial charge is 0.313 e. The molecule has 3 atom stereocenters. The van der Waals surface area contributed by atoms with E-state index in [4.69, 9.17) is 5.11 Å². The van der Waals surface area contributed by atoms with E-state index < -0.39 is 5.97 Å². The molecule has 1 saturated carbocycles. The van der Waals surface area contributed by atoms with E-state index in [2.05, 4.69) is 29.6 Å². The highest BCUT2D eigenvalue weighted by Crippen LogP contribution is 2.42. The Kier molecular flexibility index (Phi) is 10.4. The number of carbonyl (C=O) groups is 3. The van der Waals surface area contributed by atoms with Crippen molar-refractivity contribution in [2.45, 2.75) is 77.6 Å². The maximum Gasteiger partial charge on any atom is 0.313 e. The molecular formula is C30H39NO4S2. The van der Waals surface area contributed by atoms with E-state index in [0.29, 0.717) is 36.4 Å². The third-order valence-electron chi connectivity index (χ3n) is 8.24. The highest BCUT2D eigenvalue weighted by Gasteiger charge is 2.35. The number of carbonyl (C=O) groups excluding carboxylic acids is 2. The first-order valence-corrected chi connectivity index (χ1v) is 15.5. The van der Waals surface area contributed by atoms with Crippen LogP contribution in [0, 0.1) is 23.7 Å². The minimum Gasteiger partial charge on any atom is -0.481 e. The summed E-state index contributed by atoms with van der Waals surface area (Å²) in [4.78, 5) is 36.1. The van der Waals surface area contributed by atoms with Gasteiger partial charge in [-0.05, 0) is 86.8 Å². The molecular weight excluding hydrogens is 502 g/mol. The Bertz CT molecular complexity index is 1020. The van der Waals surface area contributed by atoms with Gasteiger partial charge in [-0.2, -0.15) is 0 Å². The topological polar surface area (TPSA) is 83.5 Å². The first-order chi connectivity index (χ1) is 17.9. The zero-order chi connectivity index (χ0) is 26.2. The molecule has 1 aliphatic heterocycles. The van der Waals surface area contributed by atoms with Gasteiger partial charge in [-0.15, -0.1) is 11.8 Å². The van der Waals surface area contributed by atoms with Gasteiger partial charge >= 0.3 is 5.97 Å². The lowest BCUT2D eigenvalue weighted by Gasteiger charge is -2.34. The number of fused-ring (bicyclic) bond motifs is 1. The summed E-state index contributed by atoms with van der Waals surface area (Å²) in [5.41, 5.74) is 2.91. The van der Waals surface area contributed by atoms with Gasteiger partial charge in [-0.1, -0.05) is 61.4 Å². The summed E-state index contributed by atoms with van der Waals surface area (Å²) in [6, 6.07) is 8.76. The number of hydrogen-bond acceptors (Lipinski definition) is 5. The number of allylic oxidation sites excluding steroid dienone is 2. The normalized spacial score (nSPS) is 23.2. The molecule has 3 aliphatic rings. The molecule has 0 saturated heterocycles. The summed E-state index contributed by atoms with van der Waals surface area (Å²) >= 11 is 2.75. The van der Waals surface area contributed by atoms with E-state index in [1.807, 2.05) is 12.2 Å². The fourth-order valence-corrected chi connectivity index (χ4v) is 8.24. The molecule has 1 fully saturated rings. The Hall–Kier alpha value is -1.99. The van der Waals surface area contributed by atoms with E-state index in [1.54, 1.807) is 6.92 Å². The van der Waals surface area contributed by atoms with Crippen molar-refractivity contribution in [1.82, 2.24) is 5.32 Å². The molecule has 1 heterocycles. The van der Waals surface area contributed by atoms with Gasteiger partial charge < -0.3 is 10.4 Å². The molecule has 0 spiro atoms. The molecule has 200 valence electrons. The Labute approximate surface area is 229 Å². The van der Waals surface area contributed by atoms with E-state index in [1.165, 1.54) is 47.5 Å². The Morgan fingerprint density at radius 1 is 1.03 bits per heavy atom. The summed E-state index contributed by atoms with van der Waals surface area (Å²) in [7, 11) is 0. The second-order valence-electron chi connectivity index (χ2n) is 10.7. The quantitative estimate of drug-likeness (QED) is 0.342. The first-order valence-electron chi connectivity index (χ1n) is 13.7. The van der Waals surface area contributed by atoms with Crippen molar-refractivity contribution >= 4 is 41.2 Å². The van der Waals surface area contributed by atoms with Gasteiger partial charge in [0.05, 0.1) is 10.8 Å². The van der Waals surface area contributed by atoms with E-state index in [-0.39, 0.29) is 17.6 Å². The highest BCUT2D eigenvalue weighted by atomic mass is 32.2. The van der Waals surface area contributed by atoms with Crippen molar-refractivity contribution in [3.05, 3.63) is 56.8 Å². The SMILES string of the molecule is CC(=O)C1CCCCC([C@H](CCC(=O)NC2=CCC=C(SCC(=O)O)S2)C2Cc3ccccc3C2)CC1. The van der Waals surface area contributed by atoms with Gasteiger partial charge in [-0.3, -0.25) is 14.4 Å². The van der Waals surface area contributed by atoms with E-state index in [0.717, 1.165) is 54.2 Å². The van der Waals surface area contributed by atoms with Crippen LogP contribution in [0.3, 0.4) is 0 Å². The monoisotopic (exact) mass is 541 g/mol. The molecule has 1 aromatic carbocycles. The third-order valence-corrected chi connectivity index (χ3v) is 10.5. The van der Waals surface area contributed by atoms with Crippen molar-refractivity contribution in [2.24, 2.45) is 23.7 Å². The zero-order valence-electron chi connectivity index (χ0n) is 21.7. The van der Waals surface area contributed by atoms with Crippen LogP contribution in [0.4, 0.5) is 0 Å². The van der Waals surface area contributed by atoms with Crippen molar-refractivity contribution in [2.75, 3.05) is 5.75 Å². The van der Waals surface area contributed by atoms with Gasteiger partial charge in [0.25, 0.3) is 0 Å². The van der Waals surface area contributed by atoms with Crippen molar-refractivity contribution in [3.8, 4) is 0 Å². The summed E-state index contributed by atoms with van der Waals surface area (Å²) in [6.45, 7) is 1.75. The van der Waals surface area contributed by atoms with Gasteiger partial charge in [0.15, 0.2) is 0 Å². The maximum absolute atomic E-state index is 13.0. The number of nitrogens with one attached hydrogen (secondary N) is 1. The van der Waals surface area contributed by atoms with Gasteiger partial charge in [0.2, 0.25) is 5.91 Å². The number of ketones is 1. The molecule has 1 aromatic rings. The van der Waals surface area contributed by atoms with Crippen molar-refractivity contribution in [1.29, 1.82) is 0 Å².